The Bertz CT molecular complexity index is 1110. The molecule has 0 saturated carbocycles. The van der Waals surface area contributed by atoms with Crippen LogP contribution in [0.5, 0.6) is 0 Å². The standard InChI is InChI=1S/C23H25N3O3S/c27-22-9-7-17-6-8-18(16-20(17)29-22)28-15-3-10-25-11-13-26(14-12-25)23-19-4-1-2-5-21(19)30-24-23/h1-2,4-5,7,9,16H,3,6,8,10-15H2. The molecule has 1 aliphatic carbocycles. The highest BCUT2D eigenvalue weighted by Crippen LogP contribution is 2.30. The van der Waals surface area contributed by atoms with Crippen molar-refractivity contribution in [2.24, 2.45) is 0 Å². The first-order valence-corrected chi connectivity index (χ1v) is 11.3. The Morgan fingerprint density at radius 1 is 1.07 bits per heavy atom. The molecule has 1 saturated heterocycles. The van der Waals surface area contributed by atoms with E-state index in [9.17, 15) is 4.79 Å². The molecule has 156 valence electrons. The second-order valence-corrected chi connectivity index (χ2v) is 8.59. The molecule has 0 atom stereocenters. The van der Waals surface area contributed by atoms with E-state index in [1.54, 1.807) is 11.5 Å². The van der Waals surface area contributed by atoms with E-state index in [-0.39, 0.29) is 5.63 Å². The summed E-state index contributed by atoms with van der Waals surface area (Å²) < 4.78 is 17.2. The number of aryl methyl sites for hydroxylation is 1. The van der Waals surface area contributed by atoms with Crippen LogP contribution < -0.4 is 10.5 Å². The maximum Gasteiger partial charge on any atom is 0.336 e. The summed E-state index contributed by atoms with van der Waals surface area (Å²) in [4.78, 5) is 16.3. The summed E-state index contributed by atoms with van der Waals surface area (Å²) in [5.41, 5.74) is 0.767. The molecule has 0 N–H and O–H groups in total. The van der Waals surface area contributed by atoms with Crippen LogP contribution in [0.2, 0.25) is 0 Å². The Balaban J connectivity index is 1.08. The number of allylic oxidation sites excluding steroid dienone is 1. The van der Waals surface area contributed by atoms with Gasteiger partial charge in [-0.05, 0) is 48.1 Å². The summed E-state index contributed by atoms with van der Waals surface area (Å²) in [5, 5.41) is 1.27. The lowest BCUT2D eigenvalue weighted by molar-refractivity contribution is 0.173. The van der Waals surface area contributed by atoms with E-state index >= 15 is 0 Å². The molecule has 0 bridgehead atoms. The van der Waals surface area contributed by atoms with Crippen molar-refractivity contribution in [3.63, 3.8) is 0 Å². The Kier molecular flexibility index (Phi) is 5.55. The number of hydrogen-bond acceptors (Lipinski definition) is 7. The van der Waals surface area contributed by atoms with Crippen LogP contribution >= 0.6 is 11.5 Å². The lowest BCUT2D eigenvalue weighted by Crippen LogP contribution is -2.47. The largest absolute Gasteiger partial charge is 0.498 e. The average Bonchev–Trinajstić information content (AvgIpc) is 3.21. The molecule has 7 heteroatoms. The minimum atomic E-state index is -0.309. The molecule has 0 radical (unpaired) electrons. The molecule has 1 fully saturated rings. The van der Waals surface area contributed by atoms with E-state index in [1.165, 1.54) is 16.2 Å². The monoisotopic (exact) mass is 423 g/mol. The van der Waals surface area contributed by atoms with Gasteiger partial charge in [-0.2, -0.15) is 4.37 Å². The van der Waals surface area contributed by atoms with Crippen LogP contribution in [-0.4, -0.2) is 48.6 Å². The number of ether oxygens (including phenoxy) is 1. The lowest BCUT2D eigenvalue weighted by Gasteiger charge is -2.35. The summed E-state index contributed by atoms with van der Waals surface area (Å²) >= 11 is 1.58. The summed E-state index contributed by atoms with van der Waals surface area (Å²) in [6.07, 6.45) is 4.58. The van der Waals surface area contributed by atoms with Crippen LogP contribution in [0.1, 0.15) is 24.2 Å². The van der Waals surface area contributed by atoms with Crippen molar-refractivity contribution >= 4 is 33.5 Å². The van der Waals surface area contributed by atoms with Gasteiger partial charge in [0.1, 0.15) is 11.6 Å². The topological polar surface area (TPSA) is 58.8 Å². The van der Waals surface area contributed by atoms with Gasteiger partial charge in [-0.3, -0.25) is 4.90 Å². The van der Waals surface area contributed by atoms with E-state index in [1.807, 2.05) is 12.1 Å². The zero-order chi connectivity index (χ0) is 20.3. The Hall–Kier alpha value is -2.64. The molecular weight excluding hydrogens is 398 g/mol. The number of fused-ring (bicyclic) bond motifs is 2. The van der Waals surface area contributed by atoms with Crippen LogP contribution in [0.3, 0.4) is 0 Å². The SMILES string of the molecule is O=c1ccc2c(o1)C=C(OCCCN1CCN(c3nsc4ccccc34)CC1)CC2. The van der Waals surface area contributed by atoms with Gasteiger partial charge >= 0.3 is 5.63 Å². The van der Waals surface area contributed by atoms with Gasteiger partial charge in [0.15, 0.2) is 0 Å². The van der Waals surface area contributed by atoms with Gasteiger partial charge in [-0.15, -0.1) is 0 Å². The number of rotatable bonds is 6. The third-order valence-corrected chi connectivity index (χ3v) is 6.63. The molecule has 0 amide bonds. The molecule has 0 unspecified atom stereocenters. The summed E-state index contributed by atoms with van der Waals surface area (Å²) in [6, 6.07) is 11.8. The molecule has 2 aromatic heterocycles. The summed E-state index contributed by atoms with van der Waals surface area (Å²) in [5.74, 6) is 2.70. The van der Waals surface area contributed by atoms with Crippen molar-refractivity contribution in [2.45, 2.75) is 19.3 Å². The summed E-state index contributed by atoms with van der Waals surface area (Å²) in [7, 11) is 0. The Morgan fingerprint density at radius 3 is 2.83 bits per heavy atom. The highest BCUT2D eigenvalue weighted by molar-refractivity contribution is 7.13. The molecule has 5 rings (SSSR count). The average molecular weight is 424 g/mol. The summed E-state index contributed by atoms with van der Waals surface area (Å²) in [6.45, 7) is 5.84. The minimum absolute atomic E-state index is 0.309. The maximum absolute atomic E-state index is 11.4. The second kappa shape index (κ2) is 8.62. The molecule has 3 aromatic rings. The van der Waals surface area contributed by atoms with Gasteiger partial charge < -0.3 is 14.1 Å². The number of piperazine rings is 1. The van der Waals surface area contributed by atoms with Crippen molar-refractivity contribution in [1.29, 1.82) is 0 Å². The number of aromatic nitrogens is 1. The van der Waals surface area contributed by atoms with Gasteiger partial charge in [0.2, 0.25) is 0 Å². The first-order chi connectivity index (χ1) is 14.8. The smallest absolute Gasteiger partial charge is 0.336 e. The molecule has 30 heavy (non-hydrogen) atoms. The number of hydrogen-bond donors (Lipinski definition) is 0. The van der Waals surface area contributed by atoms with Gasteiger partial charge in [0, 0.05) is 56.7 Å². The lowest BCUT2D eigenvalue weighted by atomic mass is 10.0. The number of anilines is 1. The van der Waals surface area contributed by atoms with Crippen molar-refractivity contribution in [3.8, 4) is 0 Å². The van der Waals surface area contributed by atoms with Crippen LogP contribution in [0.4, 0.5) is 5.82 Å². The van der Waals surface area contributed by atoms with Crippen molar-refractivity contribution in [1.82, 2.24) is 9.27 Å². The van der Waals surface area contributed by atoms with E-state index in [0.717, 1.165) is 69.1 Å². The van der Waals surface area contributed by atoms with E-state index in [0.29, 0.717) is 12.4 Å². The fourth-order valence-electron chi connectivity index (χ4n) is 4.15. The molecule has 0 spiro atoms. The van der Waals surface area contributed by atoms with Gasteiger partial charge in [-0.25, -0.2) is 4.79 Å². The fraction of sp³-hybridized carbons (Fsp3) is 0.391. The van der Waals surface area contributed by atoms with Crippen molar-refractivity contribution in [3.05, 3.63) is 63.9 Å². The predicted octanol–water partition coefficient (Wildman–Crippen LogP) is 3.77. The van der Waals surface area contributed by atoms with Gasteiger partial charge in [0.25, 0.3) is 0 Å². The second-order valence-electron chi connectivity index (χ2n) is 7.79. The predicted molar refractivity (Wildman–Crippen MR) is 120 cm³/mol. The molecule has 1 aliphatic heterocycles. The van der Waals surface area contributed by atoms with Crippen LogP contribution in [-0.2, 0) is 11.2 Å². The number of benzene rings is 1. The maximum atomic E-state index is 11.4. The fourth-order valence-corrected chi connectivity index (χ4v) is 4.95. The molecule has 3 heterocycles. The third kappa shape index (κ3) is 4.13. The Labute approximate surface area is 179 Å². The van der Waals surface area contributed by atoms with E-state index in [2.05, 4.69) is 38.4 Å². The molecular formula is C23H25N3O3S. The number of nitrogens with zero attached hydrogens (tertiary/aromatic N) is 3. The minimum Gasteiger partial charge on any atom is -0.498 e. The zero-order valence-electron chi connectivity index (χ0n) is 16.9. The van der Waals surface area contributed by atoms with Gasteiger partial charge in [0.05, 0.1) is 17.1 Å². The Morgan fingerprint density at radius 2 is 1.93 bits per heavy atom. The molecule has 6 nitrogen and oxygen atoms in total. The van der Waals surface area contributed by atoms with E-state index in [4.69, 9.17) is 9.15 Å². The first kappa shape index (κ1) is 19.3. The normalized spacial score (nSPS) is 17.1. The third-order valence-electron chi connectivity index (χ3n) is 5.82. The first-order valence-electron chi connectivity index (χ1n) is 10.5. The van der Waals surface area contributed by atoms with Crippen LogP contribution in [0.25, 0.3) is 16.2 Å². The van der Waals surface area contributed by atoms with Gasteiger partial charge in [-0.1, -0.05) is 12.1 Å². The van der Waals surface area contributed by atoms with E-state index < -0.39 is 0 Å². The van der Waals surface area contributed by atoms with Crippen molar-refractivity contribution in [2.75, 3.05) is 44.2 Å². The zero-order valence-corrected chi connectivity index (χ0v) is 17.7. The van der Waals surface area contributed by atoms with Crippen LogP contribution in [0, 0.1) is 0 Å². The highest BCUT2D eigenvalue weighted by Gasteiger charge is 2.20. The molecule has 2 aliphatic rings. The van der Waals surface area contributed by atoms with Crippen molar-refractivity contribution < 1.29 is 9.15 Å². The quantitative estimate of drug-likeness (QED) is 0.563. The highest BCUT2D eigenvalue weighted by atomic mass is 32.1. The molecule has 1 aromatic carbocycles. The van der Waals surface area contributed by atoms with Crippen LogP contribution in [0.15, 0.2) is 51.4 Å².